The minimum absolute atomic E-state index is 0.0341. The summed E-state index contributed by atoms with van der Waals surface area (Å²) in [5, 5.41) is 3.07. The molecule has 1 aromatic rings. The minimum atomic E-state index is -0.514. The highest BCUT2D eigenvalue weighted by molar-refractivity contribution is 7.18. The van der Waals surface area contributed by atoms with E-state index >= 15 is 0 Å². The van der Waals surface area contributed by atoms with Crippen molar-refractivity contribution in [2.75, 3.05) is 12.8 Å². The third-order valence-corrected chi connectivity index (χ3v) is 3.31. The number of hydrogen-bond donors (Lipinski definition) is 2. The Morgan fingerprint density at radius 3 is 2.47 bits per heavy atom. The lowest BCUT2D eigenvalue weighted by atomic mass is 10.1. The topological polar surface area (TPSA) is 81.4 Å². The summed E-state index contributed by atoms with van der Waals surface area (Å²) in [6, 6.07) is 0.0341. The van der Waals surface area contributed by atoms with E-state index in [-0.39, 0.29) is 17.5 Å². The van der Waals surface area contributed by atoms with Gasteiger partial charge in [-0.3, -0.25) is 4.79 Å². The molecule has 17 heavy (non-hydrogen) atoms. The summed E-state index contributed by atoms with van der Waals surface area (Å²) in [6.45, 7) is 5.42. The Morgan fingerprint density at radius 1 is 1.41 bits per heavy atom. The van der Waals surface area contributed by atoms with Gasteiger partial charge in [-0.2, -0.15) is 0 Å². The lowest BCUT2D eigenvalue weighted by Gasteiger charge is -2.07. The van der Waals surface area contributed by atoms with Crippen LogP contribution < -0.4 is 11.1 Å². The van der Waals surface area contributed by atoms with Crippen LogP contribution in [0.3, 0.4) is 0 Å². The van der Waals surface area contributed by atoms with Crippen LogP contribution in [0.15, 0.2) is 0 Å². The van der Waals surface area contributed by atoms with E-state index < -0.39 is 5.97 Å². The molecule has 0 atom stereocenters. The predicted octanol–water partition coefficient (Wildman–Crippen LogP) is 1.56. The standard InChI is InChI=1S/C11H16N2O3S/c1-5(2)13-10(14)8-6(3)7(9(12)17-8)11(15)16-4/h5H,12H2,1-4H3,(H,13,14). The van der Waals surface area contributed by atoms with Crippen LogP contribution in [-0.4, -0.2) is 25.0 Å². The van der Waals surface area contributed by atoms with Crippen LogP contribution >= 0.6 is 11.3 Å². The lowest BCUT2D eigenvalue weighted by molar-refractivity contribution is 0.0601. The number of thiophene rings is 1. The number of nitrogens with one attached hydrogen (secondary N) is 1. The Hall–Kier alpha value is -1.56. The maximum absolute atomic E-state index is 11.8. The molecule has 0 fully saturated rings. The molecular weight excluding hydrogens is 240 g/mol. The molecule has 94 valence electrons. The van der Waals surface area contributed by atoms with Crippen LogP contribution in [0, 0.1) is 6.92 Å². The fourth-order valence-corrected chi connectivity index (χ4v) is 2.40. The van der Waals surface area contributed by atoms with Gasteiger partial charge >= 0.3 is 5.97 Å². The zero-order valence-corrected chi connectivity index (χ0v) is 11.1. The summed E-state index contributed by atoms with van der Waals surface area (Å²) in [6.07, 6.45) is 0. The molecule has 0 bridgehead atoms. The molecule has 3 N–H and O–H groups in total. The van der Waals surface area contributed by atoms with Gasteiger partial charge in [0.1, 0.15) is 5.00 Å². The van der Waals surface area contributed by atoms with Crippen LogP contribution in [0.1, 0.15) is 39.4 Å². The Morgan fingerprint density at radius 2 is 2.00 bits per heavy atom. The van der Waals surface area contributed by atoms with Gasteiger partial charge in [0.05, 0.1) is 17.6 Å². The third-order valence-electron chi connectivity index (χ3n) is 2.19. The number of ether oxygens (including phenoxy) is 1. The average Bonchev–Trinajstić information content (AvgIpc) is 2.52. The molecule has 0 unspecified atom stereocenters. The van der Waals surface area contributed by atoms with Gasteiger partial charge in [0.2, 0.25) is 0 Å². The summed E-state index contributed by atoms with van der Waals surface area (Å²) in [7, 11) is 1.28. The molecule has 0 radical (unpaired) electrons. The van der Waals surface area contributed by atoms with E-state index in [1.54, 1.807) is 6.92 Å². The molecule has 6 heteroatoms. The number of hydrogen-bond acceptors (Lipinski definition) is 5. The molecule has 0 aliphatic heterocycles. The number of amides is 1. The van der Waals surface area contributed by atoms with Crippen molar-refractivity contribution < 1.29 is 14.3 Å². The van der Waals surface area contributed by atoms with Crippen molar-refractivity contribution in [3.05, 3.63) is 16.0 Å². The smallest absolute Gasteiger partial charge is 0.341 e. The number of carbonyl (C=O) groups is 2. The normalized spacial score (nSPS) is 10.4. The van der Waals surface area contributed by atoms with Gasteiger partial charge in [-0.25, -0.2) is 4.79 Å². The number of methoxy groups -OCH3 is 1. The molecule has 0 aliphatic carbocycles. The predicted molar refractivity (Wildman–Crippen MR) is 67.4 cm³/mol. The van der Waals surface area contributed by atoms with Crippen LogP contribution in [0.25, 0.3) is 0 Å². The molecule has 0 aliphatic rings. The van der Waals surface area contributed by atoms with Gasteiger partial charge < -0.3 is 15.8 Å². The van der Waals surface area contributed by atoms with Gasteiger partial charge in [0.15, 0.2) is 0 Å². The van der Waals surface area contributed by atoms with Crippen molar-refractivity contribution in [2.24, 2.45) is 0 Å². The first-order valence-corrected chi connectivity index (χ1v) is 5.98. The fourth-order valence-electron chi connectivity index (χ4n) is 1.44. The third kappa shape index (κ3) is 2.76. The van der Waals surface area contributed by atoms with Crippen LogP contribution in [0.4, 0.5) is 5.00 Å². The van der Waals surface area contributed by atoms with Crippen molar-refractivity contribution >= 4 is 28.2 Å². The van der Waals surface area contributed by atoms with E-state index in [0.29, 0.717) is 15.4 Å². The second kappa shape index (κ2) is 5.18. The number of rotatable bonds is 3. The van der Waals surface area contributed by atoms with E-state index in [1.165, 1.54) is 7.11 Å². The fraction of sp³-hybridized carbons (Fsp3) is 0.455. The number of nitrogens with two attached hydrogens (primary N) is 1. The van der Waals surface area contributed by atoms with Gasteiger partial charge in [0.25, 0.3) is 5.91 Å². The first-order chi connectivity index (χ1) is 7.88. The summed E-state index contributed by atoms with van der Waals surface area (Å²) < 4.78 is 4.63. The van der Waals surface area contributed by atoms with E-state index in [1.807, 2.05) is 13.8 Å². The summed E-state index contributed by atoms with van der Waals surface area (Å²) in [5.41, 5.74) is 6.58. The molecule has 0 saturated heterocycles. The van der Waals surface area contributed by atoms with Crippen molar-refractivity contribution in [3.8, 4) is 0 Å². The second-order valence-electron chi connectivity index (χ2n) is 3.92. The molecule has 5 nitrogen and oxygen atoms in total. The lowest BCUT2D eigenvalue weighted by Crippen LogP contribution is -2.29. The van der Waals surface area contributed by atoms with Gasteiger partial charge in [-0.05, 0) is 26.3 Å². The van der Waals surface area contributed by atoms with Crippen LogP contribution in [0.5, 0.6) is 0 Å². The quantitative estimate of drug-likeness (QED) is 0.804. The van der Waals surface area contributed by atoms with Crippen molar-refractivity contribution in [2.45, 2.75) is 26.8 Å². The zero-order chi connectivity index (χ0) is 13.2. The second-order valence-corrected chi connectivity index (χ2v) is 4.97. The Kier molecular flexibility index (Phi) is 4.11. The monoisotopic (exact) mass is 256 g/mol. The molecule has 0 saturated carbocycles. The van der Waals surface area contributed by atoms with E-state index in [9.17, 15) is 9.59 Å². The number of anilines is 1. The summed E-state index contributed by atoms with van der Waals surface area (Å²) >= 11 is 1.10. The Labute approximate surface area is 104 Å². The van der Waals surface area contributed by atoms with E-state index in [2.05, 4.69) is 10.1 Å². The van der Waals surface area contributed by atoms with Crippen molar-refractivity contribution in [1.29, 1.82) is 0 Å². The maximum atomic E-state index is 11.8. The number of esters is 1. The first kappa shape index (κ1) is 13.5. The van der Waals surface area contributed by atoms with Crippen molar-refractivity contribution in [3.63, 3.8) is 0 Å². The summed E-state index contributed by atoms with van der Waals surface area (Å²) in [5.74, 6) is -0.732. The van der Waals surface area contributed by atoms with Gasteiger partial charge in [0, 0.05) is 6.04 Å². The number of carbonyl (C=O) groups excluding carboxylic acids is 2. The maximum Gasteiger partial charge on any atom is 0.341 e. The van der Waals surface area contributed by atoms with Gasteiger partial charge in [-0.1, -0.05) is 0 Å². The molecule has 1 heterocycles. The first-order valence-electron chi connectivity index (χ1n) is 5.16. The molecule has 0 spiro atoms. The number of nitrogen functional groups attached to an aromatic ring is 1. The minimum Gasteiger partial charge on any atom is -0.465 e. The van der Waals surface area contributed by atoms with E-state index in [4.69, 9.17) is 5.73 Å². The van der Waals surface area contributed by atoms with E-state index in [0.717, 1.165) is 11.3 Å². The summed E-state index contributed by atoms with van der Waals surface area (Å²) in [4.78, 5) is 23.8. The molecule has 1 rings (SSSR count). The highest BCUT2D eigenvalue weighted by Crippen LogP contribution is 2.30. The highest BCUT2D eigenvalue weighted by Gasteiger charge is 2.23. The SMILES string of the molecule is COC(=O)c1c(N)sc(C(=O)NC(C)C)c1C. The Bertz CT molecular complexity index is 452. The van der Waals surface area contributed by atoms with Crippen LogP contribution in [0.2, 0.25) is 0 Å². The van der Waals surface area contributed by atoms with Gasteiger partial charge in [-0.15, -0.1) is 11.3 Å². The largest absolute Gasteiger partial charge is 0.465 e. The molecule has 1 amide bonds. The zero-order valence-electron chi connectivity index (χ0n) is 10.3. The Balaban J connectivity index is 3.12. The molecule has 1 aromatic heterocycles. The molecular formula is C11H16N2O3S. The highest BCUT2D eigenvalue weighted by atomic mass is 32.1. The van der Waals surface area contributed by atoms with Crippen LogP contribution in [-0.2, 0) is 4.74 Å². The van der Waals surface area contributed by atoms with Crippen molar-refractivity contribution in [1.82, 2.24) is 5.32 Å². The average molecular weight is 256 g/mol. The molecule has 0 aromatic carbocycles.